The second kappa shape index (κ2) is 4.14. The van der Waals surface area contributed by atoms with Gasteiger partial charge in [-0.05, 0) is 35.8 Å². The van der Waals surface area contributed by atoms with Crippen molar-refractivity contribution in [2.75, 3.05) is 22.9 Å². The number of hydrogen-bond donors (Lipinski definition) is 0. The molecule has 0 amide bonds. The van der Waals surface area contributed by atoms with Crippen LogP contribution in [0.15, 0.2) is 60.3 Å². The van der Waals surface area contributed by atoms with Gasteiger partial charge in [0.15, 0.2) is 0 Å². The van der Waals surface area contributed by atoms with Crippen molar-refractivity contribution < 1.29 is 0 Å². The predicted octanol–water partition coefficient (Wildman–Crippen LogP) is 3.38. The first-order valence-electron chi connectivity index (χ1n) is 7.81. The zero-order chi connectivity index (χ0) is 13.8. The van der Waals surface area contributed by atoms with Crippen LogP contribution in [-0.4, -0.2) is 19.1 Å². The van der Waals surface area contributed by atoms with E-state index in [1.54, 1.807) is 0 Å². The molecule has 2 nitrogen and oxygen atoms in total. The molecule has 5 rings (SSSR count). The average molecular weight is 274 g/mol. The highest BCUT2D eigenvalue weighted by Gasteiger charge is 2.33. The molecule has 0 spiro atoms. The van der Waals surface area contributed by atoms with Gasteiger partial charge >= 0.3 is 0 Å². The van der Waals surface area contributed by atoms with Crippen molar-refractivity contribution in [3.8, 4) is 0 Å². The molecule has 2 aromatic carbocycles. The summed E-state index contributed by atoms with van der Waals surface area (Å²) in [5.74, 6) is 0. The second-order valence-corrected chi connectivity index (χ2v) is 6.21. The highest BCUT2D eigenvalue weighted by Crippen LogP contribution is 2.39. The smallest absolute Gasteiger partial charge is 0.0534 e. The maximum Gasteiger partial charge on any atom is 0.0534 e. The highest BCUT2D eigenvalue weighted by molar-refractivity contribution is 5.68. The Morgan fingerprint density at radius 2 is 1.57 bits per heavy atom. The molecule has 0 aromatic heterocycles. The summed E-state index contributed by atoms with van der Waals surface area (Å²) in [5.41, 5.74) is 7.33. The summed E-state index contributed by atoms with van der Waals surface area (Å²) in [6, 6.07) is 18.3. The largest absolute Gasteiger partial charge is 0.363 e. The third-order valence-electron chi connectivity index (χ3n) is 5.08. The third-order valence-corrected chi connectivity index (χ3v) is 5.08. The van der Waals surface area contributed by atoms with Gasteiger partial charge in [-0.3, -0.25) is 0 Å². The Kier molecular flexibility index (Phi) is 2.25. The van der Waals surface area contributed by atoms with Crippen LogP contribution in [0.2, 0.25) is 0 Å². The molecule has 0 radical (unpaired) electrons. The van der Waals surface area contributed by atoms with Gasteiger partial charge in [-0.25, -0.2) is 0 Å². The lowest BCUT2D eigenvalue weighted by Crippen LogP contribution is -2.33. The summed E-state index contributed by atoms with van der Waals surface area (Å²) >= 11 is 0. The standard InChI is InChI=1S/C19H18N2/c1-3-7-18-14(5-1)11-16-13-17-12-15-6-2-4-8-19(15)21(17)10-9-20(16)18/h1-8,13,16H,9-12H2. The van der Waals surface area contributed by atoms with Gasteiger partial charge in [0.2, 0.25) is 0 Å². The van der Waals surface area contributed by atoms with E-state index in [4.69, 9.17) is 0 Å². The molecule has 1 atom stereocenters. The van der Waals surface area contributed by atoms with Crippen LogP contribution in [0.3, 0.4) is 0 Å². The number of benzene rings is 2. The van der Waals surface area contributed by atoms with Gasteiger partial charge in [0, 0.05) is 36.6 Å². The van der Waals surface area contributed by atoms with E-state index in [9.17, 15) is 0 Å². The van der Waals surface area contributed by atoms with Crippen LogP contribution < -0.4 is 9.80 Å². The normalized spacial score (nSPS) is 22.1. The minimum Gasteiger partial charge on any atom is -0.363 e. The fourth-order valence-corrected chi connectivity index (χ4v) is 4.12. The number of anilines is 2. The minimum absolute atomic E-state index is 0.539. The minimum atomic E-state index is 0.539. The Morgan fingerprint density at radius 1 is 0.810 bits per heavy atom. The molecular formula is C19H18N2. The Bertz CT molecular complexity index is 747. The quantitative estimate of drug-likeness (QED) is 0.726. The SMILES string of the molecule is C1=C2Cc3ccccc3N2CCN2c3ccccc3CC12. The molecule has 3 heterocycles. The van der Waals surface area contributed by atoms with Crippen molar-refractivity contribution in [2.45, 2.75) is 18.9 Å². The van der Waals surface area contributed by atoms with Gasteiger partial charge in [-0.2, -0.15) is 0 Å². The fourth-order valence-electron chi connectivity index (χ4n) is 4.12. The van der Waals surface area contributed by atoms with Crippen molar-refractivity contribution in [3.63, 3.8) is 0 Å². The molecule has 3 aliphatic rings. The molecule has 0 saturated heterocycles. The van der Waals surface area contributed by atoms with E-state index in [-0.39, 0.29) is 0 Å². The molecular weight excluding hydrogens is 256 g/mol. The van der Waals surface area contributed by atoms with Gasteiger partial charge in [0.1, 0.15) is 0 Å². The van der Waals surface area contributed by atoms with Crippen molar-refractivity contribution in [3.05, 3.63) is 71.4 Å². The maximum atomic E-state index is 2.59. The zero-order valence-electron chi connectivity index (χ0n) is 12.0. The average Bonchev–Trinajstić information content (AvgIpc) is 2.98. The number of para-hydroxylation sites is 2. The second-order valence-electron chi connectivity index (χ2n) is 6.21. The number of hydrogen-bond acceptors (Lipinski definition) is 2. The van der Waals surface area contributed by atoms with Crippen LogP contribution >= 0.6 is 0 Å². The lowest BCUT2D eigenvalue weighted by molar-refractivity contribution is 0.739. The van der Waals surface area contributed by atoms with Crippen LogP contribution in [0.25, 0.3) is 0 Å². The lowest BCUT2D eigenvalue weighted by atomic mass is 10.1. The summed E-state index contributed by atoms with van der Waals surface area (Å²) in [4.78, 5) is 5.11. The molecule has 2 aromatic rings. The molecule has 0 bridgehead atoms. The van der Waals surface area contributed by atoms with E-state index in [0.29, 0.717) is 6.04 Å². The molecule has 0 fully saturated rings. The van der Waals surface area contributed by atoms with E-state index in [1.807, 2.05) is 0 Å². The molecule has 1 unspecified atom stereocenters. The topological polar surface area (TPSA) is 6.48 Å². The van der Waals surface area contributed by atoms with Crippen LogP contribution in [0.4, 0.5) is 11.4 Å². The maximum absolute atomic E-state index is 2.59. The fraction of sp³-hybridized carbons (Fsp3) is 0.263. The van der Waals surface area contributed by atoms with E-state index < -0.39 is 0 Å². The van der Waals surface area contributed by atoms with Crippen LogP contribution in [-0.2, 0) is 12.8 Å². The van der Waals surface area contributed by atoms with Crippen molar-refractivity contribution in [2.24, 2.45) is 0 Å². The molecule has 2 heteroatoms. The number of allylic oxidation sites excluding steroid dienone is 1. The number of nitrogens with zero attached hydrogens (tertiary/aromatic N) is 2. The highest BCUT2D eigenvalue weighted by atomic mass is 15.3. The van der Waals surface area contributed by atoms with Crippen LogP contribution in [0.5, 0.6) is 0 Å². The number of rotatable bonds is 0. The Balaban J connectivity index is 1.56. The van der Waals surface area contributed by atoms with Crippen LogP contribution in [0, 0.1) is 0 Å². The van der Waals surface area contributed by atoms with Gasteiger partial charge in [-0.1, -0.05) is 36.4 Å². The van der Waals surface area contributed by atoms with E-state index >= 15 is 0 Å². The summed E-state index contributed by atoms with van der Waals surface area (Å²) in [6.45, 7) is 2.20. The molecule has 104 valence electrons. The molecule has 21 heavy (non-hydrogen) atoms. The summed E-state index contributed by atoms with van der Waals surface area (Å²) in [7, 11) is 0. The van der Waals surface area contributed by atoms with Gasteiger partial charge in [0.05, 0.1) is 6.04 Å². The van der Waals surface area contributed by atoms with E-state index in [1.165, 1.54) is 28.2 Å². The molecule has 0 N–H and O–H groups in total. The number of fused-ring (bicyclic) bond motifs is 6. The van der Waals surface area contributed by atoms with Crippen LogP contribution in [0.1, 0.15) is 11.1 Å². The van der Waals surface area contributed by atoms with Crippen molar-refractivity contribution >= 4 is 11.4 Å². The molecule has 0 aliphatic carbocycles. The van der Waals surface area contributed by atoms with Gasteiger partial charge in [0.25, 0.3) is 0 Å². The first-order valence-corrected chi connectivity index (χ1v) is 7.81. The Hall–Kier alpha value is -2.22. The molecule has 3 aliphatic heterocycles. The van der Waals surface area contributed by atoms with Crippen molar-refractivity contribution in [1.29, 1.82) is 0 Å². The third kappa shape index (κ3) is 1.59. The first-order chi connectivity index (χ1) is 10.4. The Labute approximate surface area is 125 Å². The zero-order valence-corrected chi connectivity index (χ0v) is 12.0. The monoisotopic (exact) mass is 274 g/mol. The summed E-state index contributed by atoms with van der Waals surface area (Å²) < 4.78 is 0. The van der Waals surface area contributed by atoms with E-state index in [2.05, 4.69) is 64.4 Å². The molecule has 0 saturated carbocycles. The van der Waals surface area contributed by atoms with Gasteiger partial charge in [-0.15, -0.1) is 0 Å². The van der Waals surface area contributed by atoms with Gasteiger partial charge < -0.3 is 9.80 Å². The predicted molar refractivity (Wildman–Crippen MR) is 86.9 cm³/mol. The summed E-state index contributed by atoms with van der Waals surface area (Å²) in [5, 5.41) is 0. The van der Waals surface area contributed by atoms with E-state index in [0.717, 1.165) is 25.9 Å². The Morgan fingerprint density at radius 3 is 2.48 bits per heavy atom. The van der Waals surface area contributed by atoms with Crippen molar-refractivity contribution in [1.82, 2.24) is 0 Å². The first kappa shape index (κ1) is 11.4. The summed E-state index contributed by atoms with van der Waals surface area (Å²) in [6.07, 6.45) is 4.76. The lowest BCUT2D eigenvalue weighted by Gasteiger charge is -2.25.